The molecule has 2 amide bonds. The molecule has 1 N–H and O–H groups in total. The third kappa shape index (κ3) is 11.4. The van der Waals surface area contributed by atoms with Crippen molar-refractivity contribution in [3.8, 4) is 0 Å². The van der Waals surface area contributed by atoms with Gasteiger partial charge in [0, 0.05) is 0 Å². The normalized spacial score (nSPS) is 14.6. The van der Waals surface area contributed by atoms with E-state index in [1.165, 1.54) is 34.6 Å². The van der Waals surface area contributed by atoms with E-state index in [0.717, 1.165) is 12.1 Å². The largest absolute Gasteiger partial charge is 0.444 e. The lowest BCUT2D eigenvalue weighted by atomic mass is 10.00. The number of rotatable bonds is 8. The molecule has 2 rings (SSSR count). The van der Waals surface area contributed by atoms with Gasteiger partial charge >= 0.3 is 18.4 Å². The number of nitrogens with one attached hydrogen (secondary N) is 1. The Morgan fingerprint density at radius 3 is 1.93 bits per heavy atom. The van der Waals surface area contributed by atoms with E-state index in [0.29, 0.717) is 9.35 Å². The molecule has 0 unspecified atom stereocenters. The van der Waals surface area contributed by atoms with E-state index in [1.807, 2.05) is 33.9 Å². The zero-order valence-electron chi connectivity index (χ0n) is 26.6. The number of amides is 2. The second kappa shape index (κ2) is 13.5. The van der Waals surface area contributed by atoms with Crippen LogP contribution in [0.15, 0.2) is 34.2 Å². The molecule has 1 heterocycles. The fraction of sp³-hybridized carbons (Fsp3) is 0.621. The molecule has 43 heavy (non-hydrogen) atoms. The van der Waals surface area contributed by atoms with Gasteiger partial charge in [0.15, 0.2) is 13.4 Å². The van der Waals surface area contributed by atoms with Crippen LogP contribution in [0.5, 0.6) is 0 Å². The van der Waals surface area contributed by atoms with Crippen molar-refractivity contribution in [1.29, 1.82) is 0 Å². The summed E-state index contributed by atoms with van der Waals surface area (Å²) in [5.74, 6) is 0. The number of aromatic nitrogens is 1. The van der Waals surface area contributed by atoms with Crippen LogP contribution in [0.2, 0.25) is 18.1 Å². The third-order valence-corrected chi connectivity index (χ3v) is 12.5. The Morgan fingerprint density at radius 2 is 1.51 bits per heavy atom. The van der Waals surface area contributed by atoms with Crippen LogP contribution in [0.25, 0.3) is 0 Å². The van der Waals surface area contributed by atoms with Crippen molar-refractivity contribution < 1.29 is 36.7 Å². The first-order valence-corrected chi connectivity index (χ1v) is 18.3. The minimum Gasteiger partial charge on any atom is -0.444 e. The first-order valence-electron chi connectivity index (χ1n) is 13.8. The molecule has 0 aliphatic heterocycles. The SMILES string of the molecule is CC(C)(C)OC(=O)N[C@H](CN(C(=O)OC(C)(C)C)c1ncc(Br)s1)[C@@H](O[Si](C)(C)C(C)(C)C)c1ccc(C(F)(F)F)cc1. The van der Waals surface area contributed by atoms with Gasteiger partial charge in [0.2, 0.25) is 0 Å². The lowest BCUT2D eigenvalue weighted by Gasteiger charge is -2.42. The van der Waals surface area contributed by atoms with Crippen molar-refractivity contribution >= 4 is 52.9 Å². The number of halogens is 4. The van der Waals surface area contributed by atoms with Crippen LogP contribution >= 0.6 is 27.3 Å². The Morgan fingerprint density at radius 1 is 0.977 bits per heavy atom. The number of ether oxygens (including phenoxy) is 2. The monoisotopic (exact) mass is 709 g/mol. The summed E-state index contributed by atoms with van der Waals surface area (Å²) in [4.78, 5) is 32.3. The first kappa shape index (κ1) is 37.0. The van der Waals surface area contributed by atoms with Gasteiger partial charge < -0.3 is 19.2 Å². The van der Waals surface area contributed by atoms with Crippen LogP contribution in [0.1, 0.15) is 79.5 Å². The van der Waals surface area contributed by atoms with E-state index in [4.69, 9.17) is 13.9 Å². The number of carbonyl (C=O) groups is 2. The van der Waals surface area contributed by atoms with Crippen molar-refractivity contribution in [2.24, 2.45) is 0 Å². The maximum atomic E-state index is 13.5. The van der Waals surface area contributed by atoms with Crippen LogP contribution in [0, 0.1) is 0 Å². The summed E-state index contributed by atoms with van der Waals surface area (Å²) < 4.78 is 59.1. The highest BCUT2D eigenvalue weighted by atomic mass is 79.9. The zero-order valence-corrected chi connectivity index (χ0v) is 30.0. The smallest absolute Gasteiger partial charge is 0.416 e. The lowest BCUT2D eigenvalue weighted by Crippen LogP contribution is -2.54. The summed E-state index contributed by atoms with van der Waals surface area (Å²) in [6.45, 7) is 20.2. The topological polar surface area (TPSA) is 90.0 Å². The average Bonchev–Trinajstić information content (AvgIpc) is 3.22. The van der Waals surface area contributed by atoms with Gasteiger partial charge in [-0.05, 0) is 93.3 Å². The van der Waals surface area contributed by atoms with Gasteiger partial charge in [-0.1, -0.05) is 44.2 Å². The minimum atomic E-state index is -4.53. The first-order chi connectivity index (χ1) is 19.3. The number of nitrogens with zero attached hydrogens (tertiary/aromatic N) is 2. The molecule has 0 bridgehead atoms. The summed E-state index contributed by atoms with van der Waals surface area (Å²) in [5.41, 5.74) is -2.11. The average molecular weight is 711 g/mol. The molecule has 1 aromatic carbocycles. The molecular formula is C29H43BrF3N3O5SSi. The molecule has 242 valence electrons. The van der Waals surface area contributed by atoms with Gasteiger partial charge in [0.05, 0.1) is 34.2 Å². The van der Waals surface area contributed by atoms with Gasteiger partial charge in [-0.25, -0.2) is 14.6 Å². The second-order valence-electron chi connectivity index (χ2n) is 13.7. The highest BCUT2D eigenvalue weighted by Gasteiger charge is 2.43. The molecule has 14 heteroatoms. The quantitative estimate of drug-likeness (QED) is 0.275. The van der Waals surface area contributed by atoms with Crippen molar-refractivity contribution in [2.75, 3.05) is 11.4 Å². The predicted octanol–water partition coefficient (Wildman–Crippen LogP) is 9.32. The van der Waals surface area contributed by atoms with Crippen LogP contribution in [0.4, 0.5) is 27.9 Å². The maximum absolute atomic E-state index is 13.5. The molecule has 0 aliphatic carbocycles. The highest BCUT2D eigenvalue weighted by Crippen LogP contribution is 2.41. The van der Waals surface area contributed by atoms with Gasteiger partial charge in [-0.15, -0.1) is 0 Å². The van der Waals surface area contributed by atoms with Crippen molar-refractivity contribution in [1.82, 2.24) is 10.3 Å². The second-order valence-corrected chi connectivity index (χ2v) is 20.9. The molecular weight excluding hydrogens is 667 g/mol. The fourth-order valence-corrected chi connectivity index (χ4v) is 6.00. The fourth-order valence-electron chi connectivity index (χ4n) is 3.53. The molecule has 0 saturated heterocycles. The molecule has 2 aromatic rings. The van der Waals surface area contributed by atoms with Crippen LogP contribution < -0.4 is 10.2 Å². The molecule has 0 aliphatic rings. The van der Waals surface area contributed by atoms with E-state index < -0.39 is 55.6 Å². The van der Waals surface area contributed by atoms with Crippen molar-refractivity contribution in [3.05, 3.63) is 45.4 Å². The lowest BCUT2D eigenvalue weighted by molar-refractivity contribution is -0.137. The molecule has 0 fully saturated rings. The summed E-state index contributed by atoms with van der Waals surface area (Å²) in [7, 11) is -2.62. The van der Waals surface area contributed by atoms with E-state index in [9.17, 15) is 22.8 Å². The van der Waals surface area contributed by atoms with E-state index in [2.05, 4.69) is 26.2 Å². The summed E-state index contributed by atoms with van der Waals surface area (Å²) in [5, 5.41) is 2.84. The zero-order chi connectivity index (χ0) is 33.2. The van der Waals surface area contributed by atoms with Crippen LogP contribution in [-0.4, -0.2) is 49.3 Å². The van der Waals surface area contributed by atoms with Crippen molar-refractivity contribution in [3.63, 3.8) is 0 Å². The Kier molecular flexibility index (Phi) is 11.6. The number of carbonyl (C=O) groups excluding carboxylic acids is 2. The molecule has 2 atom stereocenters. The number of thiazole rings is 1. The Labute approximate surface area is 265 Å². The minimum absolute atomic E-state index is 0.186. The van der Waals surface area contributed by atoms with Gasteiger partial charge in [-0.2, -0.15) is 13.2 Å². The van der Waals surface area contributed by atoms with Gasteiger partial charge in [0.25, 0.3) is 0 Å². The van der Waals surface area contributed by atoms with Crippen LogP contribution in [-0.2, 0) is 20.1 Å². The molecule has 0 radical (unpaired) electrons. The van der Waals surface area contributed by atoms with E-state index in [-0.39, 0.29) is 16.7 Å². The van der Waals surface area contributed by atoms with Crippen molar-refractivity contribution in [2.45, 2.75) is 110 Å². The Balaban J connectivity index is 2.73. The van der Waals surface area contributed by atoms with Gasteiger partial charge in [-0.3, -0.25) is 4.90 Å². The Hall–Kier alpha value is -2.16. The summed E-state index contributed by atoms with van der Waals surface area (Å²) >= 11 is 4.56. The number of hydrogen-bond donors (Lipinski definition) is 1. The van der Waals surface area contributed by atoms with E-state index >= 15 is 0 Å². The standard InChI is InChI=1S/C29H43BrF3N3O5SSi/c1-26(2,3)39-24(37)35-20(17-36(23-34-16-21(30)42-23)25(38)40-27(4,5)6)22(41-43(10,11)28(7,8)9)18-12-14-19(15-13-18)29(31,32)33/h12-16,20,22H,17H2,1-11H3,(H,35,37)/t20-,22+/m1/s1. The third-order valence-electron chi connectivity index (χ3n) is 6.55. The molecule has 8 nitrogen and oxygen atoms in total. The summed E-state index contributed by atoms with van der Waals surface area (Å²) in [6.07, 6.45) is -5.47. The number of alkyl halides is 3. The predicted molar refractivity (Wildman–Crippen MR) is 169 cm³/mol. The van der Waals surface area contributed by atoms with Crippen LogP contribution in [0.3, 0.4) is 0 Å². The highest BCUT2D eigenvalue weighted by molar-refractivity contribution is 9.11. The maximum Gasteiger partial charge on any atom is 0.416 e. The Bertz CT molecular complexity index is 1250. The molecule has 0 spiro atoms. The molecule has 0 saturated carbocycles. The van der Waals surface area contributed by atoms with Gasteiger partial charge in [0.1, 0.15) is 11.2 Å². The number of benzene rings is 1. The number of hydrogen-bond acceptors (Lipinski definition) is 7. The summed E-state index contributed by atoms with van der Waals surface area (Å²) in [6, 6.07) is 3.64. The molecule has 1 aromatic heterocycles. The number of alkyl carbamates (subject to hydrolysis) is 1. The van der Waals surface area contributed by atoms with E-state index in [1.54, 1.807) is 41.5 Å². The number of anilines is 1.